The summed E-state index contributed by atoms with van der Waals surface area (Å²) in [5.74, 6) is 0.318. The zero-order chi connectivity index (χ0) is 24.5. The minimum atomic E-state index is -0.404. The van der Waals surface area contributed by atoms with Crippen LogP contribution in [0.4, 0.5) is 4.39 Å². The number of nitrogens with zero attached hydrogens (tertiary/aromatic N) is 6. The molecule has 0 amide bonds. The zero-order valence-corrected chi connectivity index (χ0v) is 20.3. The van der Waals surface area contributed by atoms with Crippen LogP contribution in [0.5, 0.6) is 0 Å². The van der Waals surface area contributed by atoms with Crippen molar-refractivity contribution >= 4 is 10.9 Å². The topological polar surface area (TPSA) is 82.9 Å². The van der Waals surface area contributed by atoms with Crippen LogP contribution >= 0.6 is 0 Å². The molecule has 1 N–H and O–H groups in total. The lowest BCUT2D eigenvalue weighted by Crippen LogP contribution is -2.49. The fourth-order valence-electron chi connectivity index (χ4n) is 4.82. The molecule has 0 spiro atoms. The highest BCUT2D eigenvalue weighted by molar-refractivity contribution is 5.81. The highest BCUT2D eigenvalue weighted by Gasteiger charge is 2.32. The van der Waals surface area contributed by atoms with Crippen LogP contribution in [-0.2, 0) is 6.54 Å². The molecule has 0 saturated carbocycles. The van der Waals surface area contributed by atoms with Crippen molar-refractivity contribution in [3.63, 3.8) is 0 Å². The molecule has 2 aromatic heterocycles. The molecule has 8 nitrogen and oxygen atoms in total. The molecular weight excluding hydrogens is 445 g/mol. The molecule has 1 aliphatic heterocycles. The number of hydrogen-bond donors (Lipinski definition) is 1. The molecule has 35 heavy (non-hydrogen) atoms. The van der Waals surface area contributed by atoms with Crippen LogP contribution < -0.4 is 5.56 Å². The summed E-state index contributed by atoms with van der Waals surface area (Å²) in [6, 6.07) is 12.0. The molecular formula is C26H30FN7O. The van der Waals surface area contributed by atoms with Gasteiger partial charge in [-0.3, -0.25) is 9.69 Å². The van der Waals surface area contributed by atoms with E-state index in [0.717, 1.165) is 54.8 Å². The molecule has 1 aliphatic rings. The predicted octanol–water partition coefficient (Wildman–Crippen LogP) is 3.05. The van der Waals surface area contributed by atoms with E-state index in [2.05, 4.69) is 50.2 Å². The highest BCUT2D eigenvalue weighted by Crippen LogP contribution is 2.28. The second-order valence-corrected chi connectivity index (χ2v) is 9.27. The summed E-state index contributed by atoms with van der Waals surface area (Å²) in [5.41, 5.74) is 4.50. The molecule has 5 rings (SSSR count). The minimum absolute atomic E-state index is 0.139. The van der Waals surface area contributed by atoms with E-state index < -0.39 is 6.04 Å². The molecule has 0 radical (unpaired) electrons. The fourth-order valence-corrected chi connectivity index (χ4v) is 4.82. The summed E-state index contributed by atoms with van der Waals surface area (Å²) < 4.78 is 15.1. The fraction of sp³-hybridized carbons (Fsp3) is 0.385. The SMILES string of the molecule is CCN1CCN([C@H](c2cc3cc(C)c(C)cc3[nH]c2=O)c2nnnn2Cc2ccc(F)cc2)CC1. The Kier molecular flexibility index (Phi) is 6.44. The van der Waals surface area contributed by atoms with Crippen molar-refractivity contribution in [1.82, 2.24) is 35.0 Å². The van der Waals surface area contributed by atoms with Gasteiger partial charge in [0, 0.05) is 37.3 Å². The molecule has 9 heteroatoms. The monoisotopic (exact) mass is 475 g/mol. The first-order valence-corrected chi connectivity index (χ1v) is 12.0. The lowest BCUT2D eigenvalue weighted by Gasteiger charge is -2.38. The Hall–Kier alpha value is -3.43. The van der Waals surface area contributed by atoms with E-state index in [4.69, 9.17) is 0 Å². The highest BCUT2D eigenvalue weighted by atomic mass is 19.1. The standard InChI is InChI=1S/C26H30FN7O/c1-4-32-9-11-33(12-10-32)24(22-15-20-13-17(2)18(3)14-23(20)28-26(22)35)25-29-30-31-34(25)16-19-5-7-21(27)8-6-19/h5-8,13-15,24H,4,9-12,16H2,1-3H3,(H,28,35)/t24-/m1/s1. The zero-order valence-electron chi connectivity index (χ0n) is 20.3. The van der Waals surface area contributed by atoms with Gasteiger partial charge in [-0.25, -0.2) is 9.07 Å². The van der Waals surface area contributed by atoms with Gasteiger partial charge < -0.3 is 9.88 Å². The van der Waals surface area contributed by atoms with Gasteiger partial charge in [0.25, 0.3) is 5.56 Å². The van der Waals surface area contributed by atoms with Crippen molar-refractivity contribution in [1.29, 1.82) is 0 Å². The van der Waals surface area contributed by atoms with Gasteiger partial charge in [0.05, 0.1) is 6.54 Å². The van der Waals surface area contributed by atoms with E-state index in [0.29, 0.717) is 17.9 Å². The van der Waals surface area contributed by atoms with Crippen LogP contribution in [0.3, 0.4) is 0 Å². The number of halogens is 1. The molecule has 2 aromatic carbocycles. The van der Waals surface area contributed by atoms with Gasteiger partial charge in [0.2, 0.25) is 0 Å². The van der Waals surface area contributed by atoms with Crippen LogP contribution in [0.15, 0.2) is 47.3 Å². The van der Waals surface area contributed by atoms with Crippen LogP contribution in [0.2, 0.25) is 0 Å². The summed E-state index contributed by atoms with van der Waals surface area (Å²) >= 11 is 0. The Balaban J connectivity index is 1.60. The van der Waals surface area contributed by atoms with Crippen LogP contribution in [0.1, 0.15) is 41.0 Å². The molecule has 182 valence electrons. The maximum Gasteiger partial charge on any atom is 0.253 e. The average molecular weight is 476 g/mol. The lowest BCUT2D eigenvalue weighted by atomic mass is 10.00. The maximum atomic E-state index is 13.4. The van der Waals surface area contributed by atoms with Gasteiger partial charge in [-0.05, 0) is 83.2 Å². The number of nitrogens with one attached hydrogen (secondary N) is 1. The predicted molar refractivity (Wildman–Crippen MR) is 133 cm³/mol. The van der Waals surface area contributed by atoms with Crippen LogP contribution in [0.25, 0.3) is 10.9 Å². The molecule has 1 fully saturated rings. The number of piperazine rings is 1. The van der Waals surface area contributed by atoms with Gasteiger partial charge in [-0.15, -0.1) is 5.10 Å². The number of aromatic nitrogens is 5. The van der Waals surface area contributed by atoms with Gasteiger partial charge in [-0.1, -0.05) is 19.1 Å². The van der Waals surface area contributed by atoms with Crippen molar-refractivity contribution in [2.75, 3.05) is 32.7 Å². The number of pyridine rings is 1. The third kappa shape index (κ3) is 4.74. The summed E-state index contributed by atoms with van der Waals surface area (Å²) in [4.78, 5) is 21.2. The minimum Gasteiger partial charge on any atom is -0.322 e. The molecule has 1 saturated heterocycles. The first-order chi connectivity index (χ1) is 16.9. The summed E-state index contributed by atoms with van der Waals surface area (Å²) in [6.45, 7) is 11.1. The van der Waals surface area contributed by atoms with E-state index in [1.807, 2.05) is 19.1 Å². The first-order valence-electron chi connectivity index (χ1n) is 12.0. The van der Waals surface area contributed by atoms with E-state index in [-0.39, 0.29) is 11.4 Å². The number of benzene rings is 2. The van der Waals surface area contributed by atoms with Crippen molar-refractivity contribution in [2.45, 2.75) is 33.4 Å². The van der Waals surface area contributed by atoms with E-state index in [1.165, 1.54) is 17.7 Å². The second kappa shape index (κ2) is 9.67. The van der Waals surface area contributed by atoms with Crippen molar-refractivity contribution in [2.24, 2.45) is 0 Å². The normalized spacial score (nSPS) is 16.1. The molecule has 1 atom stereocenters. The quantitative estimate of drug-likeness (QED) is 0.462. The van der Waals surface area contributed by atoms with Crippen molar-refractivity contribution in [3.8, 4) is 0 Å². The number of rotatable bonds is 6. The average Bonchev–Trinajstić information content (AvgIpc) is 3.30. The Labute approximate surface area is 203 Å². The van der Waals surface area contributed by atoms with Crippen LogP contribution in [0, 0.1) is 19.7 Å². The summed E-state index contributed by atoms with van der Waals surface area (Å²) in [6.07, 6.45) is 0. The number of aromatic amines is 1. The first kappa shape index (κ1) is 23.3. The summed E-state index contributed by atoms with van der Waals surface area (Å²) in [5, 5.41) is 13.6. The Morgan fingerprint density at radius 2 is 1.74 bits per heavy atom. The van der Waals surface area contributed by atoms with E-state index >= 15 is 0 Å². The number of fused-ring (bicyclic) bond motifs is 1. The molecule has 0 bridgehead atoms. The molecule has 4 aromatic rings. The van der Waals surface area contributed by atoms with Gasteiger partial charge >= 0.3 is 0 Å². The molecule has 0 unspecified atom stereocenters. The largest absolute Gasteiger partial charge is 0.322 e. The number of likely N-dealkylation sites (N-methyl/N-ethyl adjacent to an activating group) is 1. The van der Waals surface area contributed by atoms with Gasteiger partial charge in [-0.2, -0.15) is 0 Å². The molecule has 0 aliphatic carbocycles. The van der Waals surface area contributed by atoms with Crippen LogP contribution in [-0.4, -0.2) is 67.7 Å². The van der Waals surface area contributed by atoms with Crippen molar-refractivity contribution < 1.29 is 4.39 Å². The number of aryl methyl sites for hydroxylation is 2. The third-order valence-electron chi connectivity index (χ3n) is 7.05. The molecule has 3 heterocycles. The van der Waals surface area contributed by atoms with Gasteiger partial charge in [0.1, 0.15) is 11.9 Å². The lowest BCUT2D eigenvalue weighted by molar-refractivity contribution is 0.108. The van der Waals surface area contributed by atoms with E-state index in [1.54, 1.807) is 16.8 Å². The van der Waals surface area contributed by atoms with Crippen molar-refractivity contribution in [3.05, 3.63) is 86.7 Å². The summed E-state index contributed by atoms with van der Waals surface area (Å²) in [7, 11) is 0. The smallest absolute Gasteiger partial charge is 0.253 e. The third-order valence-corrected chi connectivity index (χ3v) is 7.05. The Bertz CT molecular complexity index is 1390. The maximum absolute atomic E-state index is 13.4. The number of hydrogen-bond acceptors (Lipinski definition) is 6. The van der Waals surface area contributed by atoms with Gasteiger partial charge in [0.15, 0.2) is 5.82 Å². The Morgan fingerprint density at radius 1 is 1.03 bits per heavy atom. The second-order valence-electron chi connectivity index (χ2n) is 9.27. The Morgan fingerprint density at radius 3 is 2.46 bits per heavy atom. The van der Waals surface area contributed by atoms with E-state index in [9.17, 15) is 9.18 Å². The number of tetrazole rings is 1. The number of H-pyrrole nitrogens is 1.